The molecule has 3 aromatic carbocycles. The highest BCUT2D eigenvalue weighted by molar-refractivity contribution is 6.11. The number of carbonyl (C=O) groups is 2. The van der Waals surface area contributed by atoms with E-state index in [9.17, 15) is 9.59 Å². The van der Waals surface area contributed by atoms with E-state index in [-0.39, 0.29) is 18.2 Å². The first-order valence-electron chi connectivity index (χ1n) is 10.6. The van der Waals surface area contributed by atoms with Crippen LogP contribution in [0.5, 0.6) is 0 Å². The van der Waals surface area contributed by atoms with E-state index >= 15 is 0 Å². The van der Waals surface area contributed by atoms with Gasteiger partial charge in [-0.3, -0.25) is 9.59 Å². The molecule has 0 atom stereocenters. The Bertz CT molecular complexity index is 1260. The smallest absolute Gasteiger partial charge is 0.253 e. The highest BCUT2D eigenvalue weighted by Gasteiger charge is 2.24. The first kappa shape index (κ1) is 19.3. The molecule has 0 unspecified atom stereocenters. The van der Waals surface area contributed by atoms with Gasteiger partial charge in [0.2, 0.25) is 0 Å². The van der Waals surface area contributed by atoms with Crippen molar-refractivity contribution < 1.29 is 9.59 Å². The summed E-state index contributed by atoms with van der Waals surface area (Å²) in [4.78, 5) is 27.4. The molecule has 1 amide bonds. The largest absolute Gasteiger partial charge is 0.359 e. The molecule has 4 nitrogen and oxygen atoms in total. The van der Waals surface area contributed by atoms with Gasteiger partial charge in [0, 0.05) is 23.5 Å². The summed E-state index contributed by atoms with van der Waals surface area (Å²) >= 11 is 0. The predicted molar refractivity (Wildman–Crippen MR) is 125 cm³/mol. The van der Waals surface area contributed by atoms with Crippen LogP contribution < -0.4 is 10.2 Å². The molecular formula is C27H24N2O2. The Balaban J connectivity index is 1.35. The third-order valence-electron chi connectivity index (χ3n) is 6.09. The lowest BCUT2D eigenvalue weighted by molar-refractivity contribution is -0.116. The Morgan fingerprint density at radius 3 is 2.58 bits per heavy atom. The van der Waals surface area contributed by atoms with Gasteiger partial charge in [0.25, 0.3) is 5.91 Å². The third kappa shape index (κ3) is 3.66. The number of ketones is 1. The Morgan fingerprint density at radius 1 is 0.903 bits per heavy atom. The second kappa shape index (κ2) is 7.55. The standard InChI is InChI=1S/C27H24N2O2/c1-17-7-8-18(2)26(11-17)29-15-21(14-23(30)16-29)27(31)28-22-9-10-25-20(13-22)12-19-5-3-4-6-24(19)25/h3-11,13-14H,12,15-16H2,1-2H3,(H,28,31). The first-order valence-corrected chi connectivity index (χ1v) is 10.6. The second-order valence-corrected chi connectivity index (χ2v) is 8.44. The number of amides is 1. The lowest BCUT2D eigenvalue weighted by atomic mass is 10.0. The van der Waals surface area contributed by atoms with Crippen molar-refractivity contribution in [3.63, 3.8) is 0 Å². The number of fused-ring (bicyclic) bond motifs is 3. The summed E-state index contributed by atoms with van der Waals surface area (Å²) in [6, 6.07) is 20.6. The van der Waals surface area contributed by atoms with Gasteiger partial charge in [0.05, 0.1) is 6.54 Å². The summed E-state index contributed by atoms with van der Waals surface area (Å²) in [5.41, 5.74) is 9.49. The summed E-state index contributed by atoms with van der Waals surface area (Å²) in [6.45, 7) is 4.76. The molecule has 0 fully saturated rings. The maximum absolute atomic E-state index is 13.0. The Kier molecular flexibility index (Phi) is 4.70. The molecule has 31 heavy (non-hydrogen) atoms. The number of hydrogen-bond donors (Lipinski definition) is 1. The van der Waals surface area contributed by atoms with Crippen LogP contribution in [0, 0.1) is 13.8 Å². The average molecular weight is 409 g/mol. The van der Waals surface area contributed by atoms with Crippen LogP contribution in [0.3, 0.4) is 0 Å². The number of rotatable bonds is 3. The zero-order valence-corrected chi connectivity index (χ0v) is 17.7. The fourth-order valence-corrected chi connectivity index (χ4v) is 4.54. The van der Waals surface area contributed by atoms with Crippen molar-refractivity contribution in [1.82, 2.24) is 0 Å². The molecule has 0 radical (unpaired) electrons. The van der Waals surface area contributed by atoms with E-state index in [1.807, 2.05) is 30.9 Å². The molecule has 1 aliphatic heterocycles. The van der Waals surface area contributed by atoms with Gasteiger partial charge in [-0.1, -0.05) is 42.5 Å². The summed E-state index contributed by atoms with van der Waals surface area (Å²) < 4.78 is 0. The normalized spacial score (nSPS) is 14.7. The fraction of sp³-hybridized carbons (Fsp3) is 0.185. The number of benzene rings is 3. The van der Waals surface area contributed by atoms with E-state index in [0.717, 1.165) is 28.9 Å². The molecule has 1 aliphatic carbocycles. The Morgan fingerprint density at radius 2 is 1.71 bits per heavy atom. The topological polar surface area (TPSA) is 49.4 Å². The van der Waals surface area contributed by atoms with E-state index in [2.05, 4.69) is 53.8 Å². The van der Waals surface area contributed by atoms with Crippen LogP contribution in [0.25, 0.3) is 11.1 Å². The molecular weight excluding hydrogens is 384 g/mol. The predicted octanol–water partition coefficient (Wildman–Crippen LogP) is 4.83. The average Bonchev–Trinajstić information content (AvgIpc) is 3.12. The zero-order valence-electron chi connectivity index (χ0n) is 17.7. The Labute approximate surface area is 182 Å². The van der Waals surface area contributed by atoms with E-state index in [1.165, 1.54) is 28.3 Å². The first-order chi connectivity index (χ1) is 15.0. The highest BCUT2D eigenvalue weighted by Crippen LogP contribution is 2.37. The quantitative estimate of drug-likeness (QED) is 0.528. The van der Waals surface area contributed by atoms with E-state index in [4.69, 9.17) is 0 Å². The number of aryl methyl sites for hydroxylation is 2. The number of carbonyl (C=O) groups excluding carboxylic acids is 2. The van der Waals surface area contributed by atoms with Crippen LogP contribution in [0.2, 0.25) is 0 Å². The van der Waals surface area contributed by atoms with Crippen LogP contribution in [0.4, 0.5) is 11.4 Å². The van der Waals surface area contributed by atoms with Gasteiger partial charge >= 0.3 is 0 Å². The van der Waals surface area contributed by atoms with Gasteiger partial charge in [0.1, 0.15) is 0 Å². The number of anilines is 2. The molecule has 1 heterocycles. The molecule has 1 N–H and O–H groups in total. The minimum absolute atomic E-state index is 0.0540. The molecule has 0 spiro atoms. The van der Waals surface area contributed by atoms with Gasteiger partial charge in [-0.05, 0) is 77.9 Å². The van der Waals surface area contributed by atoms with E-state index in [1.54, 1.807) is 0 Å². The van der Waals surface area contributed by atoms with Crippen molar-refractivity contribution in [2.24, 2.45) is 0 Å². The molecule has 0 saturated carbocycles. The van der Waals surface area contributed by atoms with Gasteiger partial charge in [0.15, 0.2) is 5.78 Å². The van der Waals surface area contributed by atoms with Gasteiger partial charge in [-0.15, -0.1) is 0 Å². The minimum atomic E-state index is -0.223. The van der Waals surface area contributed by atoms with E-state index in [0.29, 0.717) is 12.1 Å². The van der Waals surface area contributed by atoms with Gasteiger partial charge < -0.3 is 10.2 Å². The lowest BCUT2D eigenvalue weighted by Gasteiger charge is -2.29. The van der Waals surface area contributed by atoms with Crippen molar-refractivity contribution in [3.8, 4) is 11.1 Å². The number of nitrogens with one attached hydrogen (secondary N) is 1. The van der Waals surface area contributed by atoms with Crippen LogP contribution in [-0.4, -0.2) is 24.8 Å². The maximum atomic E-state index is 13.0. The number of nitrogens with zero attached hydrogens (tertiary/aromatic N) is 1. The molecule has 0 saturated heterocycles. The molecule has 0 aromatic heterocycles. The van der Waals surface area contributed by atoms with Crippen LogP contribution in [0.1, 0.15) is 22.3 Å². The summed E-state index contributed by atoms with van der Waals surface area (Å²) in [5, 5.41) is 3.00. The molecule has 0 bridgehead atoms. The molecule has 154 valence electrons. The summed E-state index contributed by atoms with van der Waals surface area (Å²) in [7, 11) is 0. The monoisotopic (exact) mass is 408 g/mol. The molecule has 5 rings (SSSR count). The zero-order chi connectivity index (χ0) is 21.5. The number of hydrogen-bond acceptors (Lipinski definition) is 3. The second-order valence-electron chi connectivity index (χ2n) is 8.44. The molecule has 2 aliphatic rings. The molecule has 4 heteroatoms. The van der Waals surface area contributed by atoms with Crippen molar-refractivity contribution >= 4 is 23.1 Å². The van der Waals surface area contributed by atoms with Crippen molar-refractivity contribution in [1.29, 1.82) is 0 Å². The third-order valence-corrected chi connectivity index (χ3v) is 6.09. The lowest BCUT2D eigenvalue weighted by Crippen LogP contribution is -2.38. The highest BCUT2D eigenvalue weighted by atomic mass is 16.2. The van der Waals surface area contributed by atoms with Gasteiger partial charge in [-0.2, -0.15) is 0 Å². The van der Waals surface area contributed by atoms with Crippen molar-refractivity contribution in [2.45, 2.75) is 20.3 Å². The SMILES string of the molecule is Cc1ccc(C)c(N2CC(=O)C=C(C(=O)Nc3ccc4c(c3)Cc3ccccc3-4)C2)c1. The Hall–Kier alpha value is -3.66. The van der Waals surface area contributed by atoms with Crippen molar-refractivity contribution in [2.75, 3.05) is 23.3 Å². The van der Waals surface area contributed by atoms with Crippen LogP contribution in [0.15, 0.2) is 72.3 Å². The van der Waals surface area contributed by atoms with Crippen molar-refractivity contribution in [3.05, 3.63) is 94.6 Å². The fourth-order valence-electron chi connectivity index (χ4n) is 4.54. The molecule has 3 aromatic rings. The van der Waals surface area contributed by atoms with Gasteiger partial charge in [-0.25, -0.2) is 0 Å². The van der Waals surface area contributed by atoms with Crippen LogP contribution >= 0.6 is 0 Å². The minimum Gasteiger partial charge on any atom is -0.359 e. The summed E-state index contributed by atoms with van der Waals surface area (Å²) in [6.07, 6.45) is 2.36. The summed E-state index contributed by atoms with van der Waals surface area (Å²) in [5.74, 6) is -0.277. The van der Waals surface area contributed by atoms with Crippen LogP contribution in [-0.2, 0) is 16.0 Å². The maximum Gasteiger partial charge on any atom is 0.253 e. The van der Waals surface area contributed by atoms with E-state index < -0.39 is 0 Å².